The molecular formula is C20H18BrN3O5S2. The number of carbonyl (C=O) groups excluding carboxylic acids is 2. The molecule has 1 aliphatic heterocycles. The second-order valence-electron chi connectivity index (χ2n) is 7.05. The monoisotopic (exact) mass is 523 g/mol. The summed E-state index contributed by atoms with van der Waals surface area (Å²) in [4.78, 5) is 25.1. The van der Waals surface area contributed by atoms with Crippen LogP contribution in [0.2, 0.25) is 0 Å². The van der Waals surface area contributed by atoms with Crippen LogP contribution in [0, 0.1) is 0 Å². The summed E-state index contributed by atoms with van der Waals surface area (Å²) in [6, 6.07) is 10.5. The van der Waals surface area contributed by atoms with Crippen LogP contribution in [0.4, 0.5) is 0 Å². The molecule has 1 aromatic heterocycles. The van der Waals surface area contributed by atoms with Gasteiger partial charge in [-0.25, -0.2) is 8.42 Å². The van der Waals surface area contributed by atoms with Crippen molar-refractivity contribution in [3.8, 4) is 0 Å². The molecular weight excluding hydrogens is 506 g/mol. The number of aromatic nitrogens is 2. The van der Waals surface area contributed by atoms with Crippen molar-refractivity contribution in [3.63, 3.8) is 0 Å². The summed E-state index contributed by atoms with van der Waals surface area (Å²) < 4.78 is 42.2. The average molecular weight is 524 g/mol. The predicted molar refractivity (Wildman–Crippen MR) is 118 cm³/mol. The molecule has 162 valence electrons. The average Bonchev–Trinajstić information content (AvgIpc) is 3.26. The highest BCUT2D eigenvalue weighted by molar-refractivity contribution is 9.10. The van der Waals surface area contributed by atoms with E-state index in [9.17, 15) is 18.0 Å². The third-order valence-electron chi connectivity index (χ3n) is 5.07. The van der Waals surface area contributed by atoms with E-state index in [0.29, 0.717) is 30.3 Å². The predicted octanol–water partition coefficient (Wildman–Crippen LogP) is 3.42. The maximum Gasteiger partial charge on any atom is 0.324 e. The molecule has 3 aromatic rings. The van der Waals surface area contributed by atoms with E-state index in [4.69, 9.17) is 4.74 Å². The molecule has 0 radical (unpaired) electrons. The maximum absolute atomic E-state index is 13.4. The van der Waals surface area contributed by atoms with E-state index < -0.39 is 28.6 Å². The summed E-state index contributed by atoms with van der Waals surface area (Å²) in [7, 11) is -4.00. The van der Waals surface area contributed by atoms with E-state index in [1.54, 1.807) is 36.4 Å². The summed E-state index contributed by atoms with van der Waals surface area (Å²) in [6.07, 6.45) is 1.65. The lowest BCUT2D eigenvalue weighted by atomic mass is 10.1. The first-order valence-electron chi connectivity index (χ1n) is 9.56. The normalized spacial score (nSPS) is 17.5. The number of nitrogens with zero attached hydrogens (tertiary/aromatic N) is 3. The van der Waals surface area contributed by atoms with Crippen molar-refractivity contribution in [3.05, 3.63) is 52.5 Å². The number of fused-ring (bicyclic) bond motifs is 1. The minimum Gasteiger partial charge on any atom is -0.456 e. The highest BCUT2D eigenvalue weighted by Gasteiger charge is 2.39. The van der Waals surface area contributed by atoms with Gasteiger partial charge in [0.15, 0.2) is 12.4 Å². The summed E-state index contributed by atoms with van der Waals surface area (Å²) in [5.74, 6) is -1.08. The number of carbonyl (C=O) groups is 2. The van der Waals surface area contributed by atoms with E-state index in [1.807, 2.05) is 0 Å². The number of Topliss-reactive ketones (excluding diaryl/α,β-unsaturated/α-hetero) is 1. The molecule has 1 saturated heterocycles. The molecule has 0 saturated carbocycles. The van der Waals surface area contributed by atoms with Gasteiger partial charge >= 0.3 is 5.97 Å². The van der Waals surface area contributed by atoms with Gasteiger partial charge in [-0.15, -0.1) is 0 Å². The minimum absolute atomic E-state index is 0.0180. The number of ketones is 1. The number of rotatable bonds is 6. The van der Waals surface area contributed by atoms with Crippen LogP contribution in [-0.4, -0.2) is 52.4 Å². The van der Waals surface area contributed by atoms with Gasteiger partial charge in [-0.3, -0.25) is 9.59 Å². The summed E-state index contributed by atoms with van der Waals surface area (Å²) >= 11 is 4.23. The SMILES string of the molecule is O=C(COC(=O)C1CCCCN1S(=O)(=O)c1cccc2nsnc12)c1ccc(Br)cc1. The Bertz CT molecular complexity index is 1230. The zero-order valence-electron chi connectivity index (χ0n) is 16.2. The van der Waals surface area contributed by atoms with E-state index in [0.717, 1.165) is 20.5 Å². The second kappa shape index (κ2) is 9.11. The van der Waals surface area contributed by atoms with Crippen LogP contribution in [0.25, 0.3) is 11.0 Å². The van der Waals surface area contributed by atoms with Crippen molar-refractivity contribution in [2.75, 3.05) is 13.2 Å². The van der Waals surface area contributed by atoms with Gasteiger partial charge in [0.05, 0.1) is 11.7 Å². The van der Waals surface area contributed by atoms with Gasteiger partial charge in [0, 0.05) is 16.6 Å². The molecule has 4 rings (SSSR count). The third-order valence-corrected chi connectivity index (χ3v) is 8.08. The van der Waals surface area contributed by atoms with Gasteiger partial charge in [0.2, 0.25) is 10.0 Å². The lowest BCUT2D eigenvalue weighted by molar-refractivity contribution is -0.148. The van der Waals surface area contributed by atoms with Crippen LogP contribution in [0.1, 0.15) is 29.6 Å². The Kier molecular flexibility index (Phi) is 6.47. The number of benzene rings is 2. The van der Waals surface area contributed by atoms with Crippen molar-refractivity contribution in [2.24, 2.45) is 0 Å². The second-order valence-corrected chi connectivity index (χ2v) is 10.4. The molecule has 1 unspecified atom stereocenters. The summed E-state index contributed by atoms with van der Waals surface area (Å²) in [5, 5.41) is 0. The van der Waals surface area contributed by atoms with Crippen molar-refractivity contribution < 1.29 is 22.7 Å². The number of ether oxygens (including phenoxy) is 1. The van der Waals surface area contributed by atoms with Crippen LogP contribution >= 0.6 is 27.7 Å². The van der Waals surface area contributed by atoms with Crippen LogP contribution in [0.3, 0.4) is 0 Å². The number of esters is 1. The first kappa shape index (κ1) is 22.0. The largest absolute Gasteiger partial charge is 0.456 e. The van der Waals surface area contributed by atoms with E-state index >= 15 is 0 Å². The smallest absolute Gasteiger partial charge is 0.324 e. The molecule has 2 aromatic carbocycles. The zero-order valence-corrected chi connectivity index (χ0v) is 19.5. The molecule has 0 N–H and O–H groups in total. The Morgan fingerprint density at radius 1 is 1.13 bits per heavy atom. The number of piperidine rings is 1. The molecule has 1 fully saturated rings. The van der Waals surface area contributed by atoms with E-state index in [2.05, 4.69) is 24.7 Å². The molecule has 1 aliphatic rings. The van der Waals surface area contributed by atoms with Gasteiger partial charge in [0.1, 0.15) is 22.0 Å². The molecule has 31 heavy (non-hydrogen) atoms. The fraction of sp³-hybridized carbons (Fsp3) is 0.300. The standard InChI is InChI=1S/C20H18BrN3O5S2/c21-14-9-7-13(8-10-14)17(25)12-29-20(26)16-5-1-2-11-24(16)31(27,28)18-6-3-4-15-19(18)23-30-22-15/h3-4,6-10,16H,1-2,5,11-12H2. The first-order chi connectivity index (χ1) is 14.9. The lowest BCUT2D eigenvalue weighted by Crippen LogP contribution is -2.48. The van der Waals surface area contributed by atoms with Crippen LogP contribution < -0.4 is 0 Å². The van der Waals surface area contributed by atoms with Crippen molar-refractivity contribution >= 4 is 60.5 Å². The van der Waals surface area contributed by atoms with E-state index in [1.165, 1.54) is 6.07 Å². The Hall–Kier alpha value is -2.21. The molecule has 0 spiro atoms. The van der Waals surface area contributed by atoms with Gasteiger partial charge in [-0.05, 0) is 43.5 Å². The van der Waals surface area contributed by atoms with Crippen LogP contribution in [-0.2, 0) is 19.6 Å². The molecule has 0 bridgehead atoms. The maximum atomic E-state index is 13.4. The van der Waals surface area contributed by atoms with Crippen LogP contribution in [0.5, 0.6) is 0 Å². The minimum atomic E-state index is -4.00. The van der Waals surface area contributed by atoms with Gasteiger partial charge in [0.25, 0.3) is 0 Å². The molecule has 2 heterocycles. The van der Waals surface area contributed by atoms with Gasteiger partial charge in [-0.2, -0.15) is 13.1 Å². The van der Waals surface area contributed by atoms with E-state index in [-0.39, 0.29) is 22.7 Å². The Labute approximate surface area is 191 Å². The van der Waals surface area contributed by atoms with Crippen LogP contribution in [0.15, 0.2) is 51.8 Å². The highest BCUT2D eigenvalue weighted by atomic mass is 79.9. The molecule has 0 aliphatic carbocycles. The summed E-state index contributed by atoms with van der Waals surface area (Å²) in [6.45, 7) is -0.257. The van der Waals surface area contributed by atoms with Gasteiger partial charge in [-0.1, -0.05) is 34.1 Å². The molecule has 8 nitrogen and oxygen atoms in total. The molecule has 11 heteroatoms. The summed E-state index contributed by atoms with van der Waals surface area (Å²) in [5.41, 5.74) is 1.18. The highest BCUT2D eigenvalue weighted by Crippen LogP contribution is 2.30. The van der Waals surface area contributed by atoms with Gasteiger partial charge < -0.3 is 4.74 Å². The molecule has 1 atom stereocenters. The third kappa shape index (κ3) is 4.54. The Balaban J connectivity index is 1.53. The topological polar surface area (TPSA) is 107 Å². The number of hydrogen-bond acceptors (Lipinski definition) is 8. The Morgan fingerprint density at radius 3 is 2.68 bits per heavy atom. The number of halogens is 1. The molecule has 0 amide bonds. The van der Waals surface area contributed by atoms with Crippen molar-refractivity contribution in [2.45, 2.75) is 30.2 Å². The van der Waals surface area contributed by atoms with Crippen molar-refractivity contribution in [1.82, 2.24) is 13.1 Å². The zero-order chi connectivity index (χ0) is 22.0. The lowest BCUT2D eigenvalue weighted by Gasteiger charge is -2.32. The first-order valence-corrected chi connectivity index (χ1v) is 12.5. The fourth-order valence-corrected chi connectivity index (χ4v) is 6.16. The van der Waals surface area contributed by atoms with Crippen molar-refractivity contribution in [1.29, 1.82) is 0 Å². The fourth-order valence-electron chi connectivity index (χ4n) is 3.50. The quantitative estimate of drug-likeness (QED) is 0.359. The number of sulfonamides is 1. The Morgan fingerprint density at radius 2 is 1.90 bits per heavy atom. The number of hydrogen-bond donors (Lipinski definition) is 0.